The minimum atomic E-state index is -0.442. The number of imide groups is 1. The van der Waals surface area contributed by atoms with E-state index in [1.165, 1.54) is 0 Å². The maximum absolute atomic E-state index is 12.1. The van der Waals surface area contributed by atoms with Gasteiger partial charge in [-0.25, -0.2) is 5.01 Å². The van der Waals surface area contributed by atoms with Crippen LogP contribution in [0.25, 0.3) is 0 Å². The number of carbonyl (C=O) groups excluding carboxylic acids is 3. The van der Waals surface area contributed by atoms with Gasteiger partial charge in [-0.3, -0.25) is 14.4 Å². The number of benzene rings is 1. The van der Waals surface area contributed by atoms with E-state index in [-0.39, 0.29) is 6.04 Å². The molecule has 0 fully saturated rings. The summed E-state index contributed by atoms with van der Waals surface area (Å²) in [7, 11) is 0. The van der Waals surface area contributed by atoms with E-state index in [9.17, 15) is 14.4 Å². The highest BCUT2D eigenvalue weighted by molar-refractivity contribution is 6.21. The molecule has 18 heavy (non-hydrogen) atoms. The van der Waals surface area contributed by atoms with Crippen LogP contribution in [-0.2, 0) is 4.79 Å². The van der Waals surface area contributed by atoms with Gasteiger partial charge in [0.1, 0.15) is 0 Å². The van der Waals surface area contributed by atoms with Crippen molar-refractivity contribution in [2.75, 3.05) is 0 Å². The molecular formula is C13H14N2O3. The van der Waals surface area contributed by atoms with Crippen LogP contribution in [0.4, 0.5) is 0 Å². The Morgan fingerprint density at radius 3 is 2.11 bits per heavy atom. The van der Waals surface area contributed by atoms with Crippen LogP contribution in [0.1, 0.15) is 41.0 Å². The molecule has 1 heterocycles. The van der Waals surface area contributed by atoms with Crippen LogP contribution in [-0.4, -0.2) is 34.3 Å². The lowest BCUT2D eigenvalue weighted by molar-refractivity contribution is -0.131. The molecule has 0 spiro atoms. The van der Waals surface area contributed by atoms with Crippen molar-refractivity contribution >= 4 is 18.2 Å². The van der Waals surface area contributed by atoms with Crippen molar-refractivity contribution in [2.24, 2.45) is 0 Å². The Kier molecular flexibility index (Phi) is 3.14. The molecule has 0 radical (unpaired) electrons. The molecule has 0 bridgehead atoms. The van der Waals surface area contributed by atoms with Gasteiger partial charge in [0, 0.05) is 0 Å². The second kappa shape index (κ2) is 4.60. The van der Waals surface area contributed by atoms with Crippen molar-refractivity contribution < 1.29 is 14.4 Å². The molecule has 1 aliphatic rings. The van der Waals surface area contributed by atoms with Gasteiger partial charge in [0.2, 0.25) is 6.41 Å². The van der Waals surface area contributed by atoms with E-state index < -0.39 is 11.8 Å². The number of amides is 3. The molecule has 1 aromatic rings. The highest BCUT2D eigenvalue weighted by atomic mass is 16.2. The minimum absolute atomic E-state index is 0.204. The summed E-state index contributed by atoms with van der Waals surface area (Å²) < 4.78 is 0. The quantitative estimate of drug-likeness (QED) is 0.597. The summed E-state index contributed by atoms with van der Waals surface area (Å²) in [4.78, 5) is 35.4. The Hall–Kier alpha value is -2.17. The summed E-state index contributed by atoms with van der Waals surface area (Å²) in [5.41, 5.74) is 0.690. The van der Waals surface area contributed by atoms with Crippen LogP contribution in [0.15, 0.2) is 24.3 Å². The predicted molar refractivity (Wildman–Crippen MR) is 64.6 cm³/mol. The fourth-order valence-corrected chi connectivity index (χ4v) is 1.92. The number of hydrogen-bond donors (Lipinski definition) is 0. The van der Waals surface area contributed by atoms with E-state index in [2.05, 4.69) is 0 Å². The Labute approximate surface area is 105 Å². The Bertz CT molecular complexity index is 478. The zero-order valence-corrected chi connectivity index (χ0v) is 10.3. The molecule has 5 nitrogen and oxygen atoms in total. The monoisotopic (exact) mass is 246 g/mol. The van der Waals surface area contributed by atoms with Crippen LogP contribution in [0.2, 0.25) is 0 Å². The van der Waals surface area contributed by atoms with Crippen LogP contribution < -0.4 is 0 Å². The summed E-state index contributed by atoms with van der Waals surface area (Å²) in [5, 5.41) is 2.08. The first-order chi connectivity index (χ1) is 8.61. The zero-order valence-electron chi connectivity index (χ0n) is 10.3. The molecule has 1 aliphatic heterocycles. The summed E-state index contributed by atoms with van der Waals surface area (Å²) in [5.74, 6) is -0.883. The number of fused-ring (bicyclic) bond motifs is 1. The van der Waals surface area contributed by atoms with E-state index in [1.807, 2.05) is 6.92 Å². The van der Waals surface area contributed by atoms with E-state index >= 15 is 0 Å². The number of carbonyl (C=O) groups is 3. The van der Waals surface area contributed by atoms with Crippen LogP contribution >= 0.6 is 0 Å². The third-order valence-corrected chi connectivity index (χ3v) is 3.15. The molecular weight excluding hydrogens is 232 g/mol. The number of nitrogens with zero attached hydrogens (tertiary/aromatic N) is 2. The van der Waals surface area contributed by atoms with Gasteiger partial charge in [-0.1, -0.05) is 19.1 Å². The normalized spacial score (nSPS) is 15.6. The smallest absolute Gasteiger partial charge is 0.277 e. The predicted octanol–water partition coefficient (Wildman–Crippen LogP) is 1.45. The number of hydrogen-bond acceptors (Lipinski definition) is 3. The fraction of sp³-hybridized carbons (Fsp3) is 0.308. The molecule has 3 amide bonds. The summed E-state index contributed by atoms with van der Waals surface area (Å²) in [6.07, 6.45) is 1.18. The maximum Gasteiger partial charge on any atom is 0.280 e. The van der Waals surface area contributed by atoms with Gasteiger partial charge < -0.3 is 0 Å². The molecule has 0 N–H and O–H groups in total. The molecule has 2 rings (SSSR count). The highest BCUT2D eigenvalue weighted by Gasteiger charge is 2.40. The Balaban J connectivity index is 2.41. The van der Waals surface area contributed by atoms with Gasteiger partial charge in [-0.15, -0.1) is 0 Å². The van der Waals surface area contributed by atoms with Gasteiger partial charge in [0.15, 0.2) is 0 Å². The second-order valence-electron chi connectivity index (χ2n) is 4.21. The second-order valence-corrected chi connectivity index (χ2v) is 4.21. The van der Waals surface area contributed by atoms with Crippen molar-refractivity contribution in [3.8, 4) is 0 Å². The minimum Gasteiger partial charge on any atom is -0.277 e. The molecule has 1 atom stereocenters. The highest BCUT2D eigenvalue weighted by Crippen LogP contribution is 2.24. The number of rotatable bonds is 4. The average molecular weight is 246 g/mol. The first kappa shape index (κ1) is 12.3. The Morgan fingerprint density at radius 1 is 1.22 bits per heavy atom. The molecule has 0 saturated heterocycles. The third-order valence-electron chi connectivity index (χ3n) is 3.15. The zero-order chi connectivity index (χ0) is 13.3. The first-order valence-electron chi connectivity index (χ1n) is 5.83. The molecule has 0 aliphatic carbocycles. The van der Waals surface area contributed by atoms with Crippen molar-refractivity contribution in [2.45, 2.75) is 26.3 Å². The Morgan fingerprint density at radius 2 is 1.72 bits per heavy atom. The van der Waals surface area contributed by atoms with Crippen molar-refractivity contribution in [3.05, 3.63) is 35.4 Å². The maximum atomic E-state index is 12.1. The van der Waals surface area contributed by atoms with Crippen LogP contribution in [0.3, 0.4) is 0 Å². The van der Waals surface area contributed by atoms with E-state index in [0.29, 0.717) is 24.0 Å². The van der Waals surface area contributed by atoms with Crippen LogP contribution in [0.5, 0.6) is 0 Å². The summed E-state index contributed by atoms with van der Waals surface area (Å²) in [6, 6.07) is 6.37. The third kappa shape index (κ3) is 1.68. The molecule has 0 aromatic heterocycles. The van der Waals surface area contributed by atoms with Crippen molar-refractivity contribution in [1.82, 2.24) is 10.0 Å². The van der Waals surface area contributed by atoms with E-state index in [1.54, 1.807) is 31.2 Å². The lowest BCUT2D eigenvalue weighted by atomic mass is 10.1. The van der Waals surface area contributed by atoms with Gasteiger partial charge in [-0.05, 0) is 25.5 Å². The van der Waals surface area contributed by atoms with Gasteiger partial charge in [0.05, 0.1) is 17.2 Å². The average Bonchev–Trinajstić information content (AvgIpc) is 2.65. The lowest BCUT2D eigenvalue weighted by Gasteiger charge is -2.30. The van der Waals surface area contributed by atoms with Gasteiger partial charge in [-0.2, -0.15) is 5.01 Å². The fourth-order valence-electron chi connectivity index (χ4n) is 1.92. The van der Waals surface area contributed by atoms with Crippen molar-refractivity contribution in [3.63, 3.8) is 0 Å². The molecule has 94 valence electrons. The largest absolute Gasteiger partial charge is 0.280 e. The topological polar surface area (TPSA) is 57.7 Å². The van der Waals surface area contributed by atoms with Gasteiger partial charge >= 0.3 is 0 Å². The van der Waals surface area contributed by atoms with E-state index in [4.69, 9.17) is 0 Å². The first-order valence-corrected chi connectivity index (χ1v) is 5.83. The standard InChI is InChI=1S/C13H14N2O3/c1-3-9(2)14(8-16)15-12(17)10-6-4-5-7-11(10)13(15)18/h4-9H,3H2,1-2H3. The van der Waals surface area contributed by atoms with Crippen LogP contribution in [0, 0.1) is 0 Å². The summed E-state index contributed by atoms with van der Waals surface area (Å²) >= 11 is 0. The van der Waals surface area contributed by atoms with E-state index in [0.717, 1.165) is 10.0 Å². The molecule has 0 saturated carbocycles. The van der Waals surface area contributed by atoms with Crippen molar-refractivity contribution in [1.29, 1.82) is 0 Å². The SMILES string of the molecule is CCC(C)N(C=O)N1C(=O)c2ccccc2C1=O. The molecule has 1 unspecified atom stereocenters. The lowest BCUT2D eigenvalue weighted by Crippen LogP contribution is -2.49. The van der Waals surface area contributed by atoms with Gasteiger partial charge in [0.25, 0.3) is 11.8 Å². The molecule has 5 heteroatoms. The molecule has 1 aromatic carbocycles. The number of hydrazine groups is 1. The summed E-state index contributed by atoms with van der Waals surface area (Å²) in [6.45, 7) is 3.68.